The van der Waals surface area contributed by atoms with Gasteiger partial charge >= 0.3 is 0 Å². The number of alkyl halides is 1. The van der Waals surface area contributed by atoms with Crippen LogP contribution in [0.3, 0.4) is 0 Å². The van der Waals surface area contributed by atoms with Gasteiger partial charge in [-0.1, -0.05) is 0 Å². The van der Waals surface area contributed by atoms with E-state index in [4.69, 9.17) is 11.6 Å². The Bertz CT molecular complexity index is 566. The Morgan fingerprint density at radius 3 is 2.53 bits per heavy atom. The predicted molar refractivity (Wildman–Crippen MR) is 63.4 cm³/mol. The van der Waals surface area contributed by atoms with Gasteiger partial charge in [0.05, 0.1) is 11.6 Å². The molecule has 90 valence electrons. The summed E-state index contributed by atoms with van der Waals surface area (Å²) in [5.41, 5.74) is 1.34. The summed E-state index contributed by atoms with van der Waals surface area (Å²) in [6.45, 7) is 1.61. The third-order valence-corrected chi connectivity index (χ3v) is 2.86. The molecular weight excluding hydrogens is 245 g/mol. The average molecular weight is 256 g/mol. The van der Waals surface area contributed by atoms with E-state index in [1.54, 1.807) is 6.92 Å². The molecule has 2 aromatic rings. The van der Waals surface area contributed by atoms with E-state index in [0.717, 1.165) is 0 Å². The lowest BCUT2D eigenvalue weighted by Crippen LogP contribution is -1.95. The van der Waals surface area contributed by atoms with Crippen LogP contribution in [0.2, 0.25) is 0 Å². The van der Waals surface area contributed by atoms with E-state index in [9.17, 15) is 14.6 Å². The molecule has 3 nitrogen and oxygen atoms in total. The normalized spacial score (nSPS) is 10.8. The maximum Gasteiger partial charge on any atom is 0.203 e. The molecule has 0 aliphatic heterocycles. The lowest BCUT2D eigenvalue weighted by atomic mass is 10.2. The van der Waals surface area contributed by atoms with Gasteiger partial charge in [0, 0.05) is 11.6 Å². The zero-order valence-corrected chi connectivity index (χ0v) is 9.87. The van der Waals surface area contributed by atoms with Crippen LogP contribution in [0.25, 0.3) is 5.69 Å². The SMILES string of the molecule is Cc1cc(-n2c(O)cc(CCl)c2O)ccc1F. The number of rotatable bonds is 2. The Morgan fingerprint density at radius 2 is 2.00 bits per heavy atom. The van der Waals surface area contributed by atoms with Crippen LogP contribution in [0.15, 0.2) is 24.3 Å². The highest BCUT2D eigenvalue weighted by Crippen LogP contribution is 2.32. The third-order valence-electron chi connectivity index (χ3n) is 2.58. The van der Waals surface area contributed by atoms with Crippen LogP contribution in [-0.2, 0) is 5.88 Å². The van der Waals surface area contributed by atoms with Crippen molar-refractivity contribution in [1.29, 1.82) is 0 Å². The Hall–Kier alpha value is -1.68. The molecule has 2 N–H and O–H groups in total. The molecule has 0 atom stereocenters. The van der Waals surface area contributed by atoms with E-state index in [2.05, 4.69) is 0 Å². The highest BCUT2D eigenvalue weighted by molar-refractivity contribution is 6.17. The maximum absolute atomic E-state index is 13.1. The van der Waals surface area contributed by atoms with Crippen LogP contribution >= 0.6 is 11.6 Å². The van der Waals surface area contributed by atoms with Crippen LogP contribution in [0.1, 0.15) is 11.1 Å². The lowest BCUT2D eigenvalue weighted by molar-refractivity contribution is 0.401. The highest BCUT2D eigenvalue weighted by Gasteiger charge is 2.15. The first-order chi connectivity index (χ1) is 8.04. The van der Waals surface area contributed by atoms with Crippen molar-refractivity contribution in [2.45, 2.75) is 12.8 Å². The minimum Gasteiger partial charge on any atom is -0.494 e. The molecule has 0 radical (unpaired) electrons. The van der Waals surface area contributed by atoms with Crippen molar-refractivity contribution in [2.75, 3.05) is 0 Å². The first-order valence-corrected chi connectivity index (χ1v) is 5.53. The third kappa shape index (κ3) is 1.96. The zero-order valence-electron chi connectivity index (χ0n) is 9.11. The first-order valence-electron chi connectivity index (χ1n) is 4.99. The van der Waals surface area contributed by atoms with Gasteiger partial charge in [0.15, 0.2) is 5.88 Å². The summed E-state index contributed by atoms with van der Waals surface area (Å²) >= 11 is 5.62. The van der Waals surface area contributed by atoms with Crippen molar-refractivity contribution in [3.8, 4) is 17.4 Å². The van der Waals surface area contributed by atoms with E-state index >= 15 is 0 Å². The molecule has 0 bridgehead atoms. The molecule has 17 heavy (non-hydrogen) atoms. The van der Waals surface area contributed by atoms with E-state index in [-0.39, 0.29) is 23.5 Å². The topological polar surface area (TPSA) is 45.4 Å². The summed E-state index contributed by atoms with van der Waals surface area (Å²) in [5.74, 6) is -0.517. The van der Waals surface area contributed by atoms with Gasteiger partial charge in [-0.25, -0.2) is 4.39 Å². The molecule has 2 rings (SSSR count). The van der Waals surface area contributed by atoms with Crippen molar-refractivity contribution in [2.24, 2.45) is 0 Å². The van der Waals surface area contributed by atoms with Crippen molar-refractivity contribution in [3.05, 3.63) is 41.2 Å². The van der Waals surface area contributed by atoms with E-state index in [1.807, 2.05) is 0 Å². The fourth-order valence-electron chi connectivity index (χ4n) is 1.66. The van der Waals surface area contributed by atoms with Crippen molar-refractivity contribution in [3.63, 3.8) is 0 Å². The van der Waals surface area contributed by atoms with Gasteiger partial charge in [-0.3, -0.25) is 4.57 Å². The number of halogens is 2. The molecule has 1 aromatic heterocycles. The number of aromatic hydroxyl groups is 2. The maximum atomic E-state index is 13.1. The second kappa shape index (κ2) is 4.30. The van der Waals surface area contributed by atoms with E-state index in [1.165, 1.54) is 28.8 Å². The molecule has 1 aromatic carbocycles. The van der Waals surface area contributed by atoms with Gasteiger partial charge < -0.3 is 10.2 Å². The molecule has 0 saturated carbocycles. The largest absolute Gasteiger partial charge is 0.494 e. The van der Waals surface area contributed by atoms with Gasteiger partial charge in [0.1, 0.15) is 5.82 Å². The van der Waals surface area contributed by atoms with E-state index < -0.39 is 0 Å². The van der Waals surface area contributed by atoms with Crippen molar-refractivity contribution in [1.82, 2.24) is 4.57 Å². The van der Waals surface area contributed by atoms with Crippen molar-refractivity contribution < 1.29 is 14.6 Å². The van der Waals surface area contributed by atoms with Crippen LogP contribution < -0.4 is 0 Å². The molecular formula is C12H11ClFNO2. The number of benzene rings is 1. The summed E-state index contributed by atoms with van der Waals surface area (Å²) in [4.78, 5) is 0. The standard InChI is InChI=1S/C12H11ClFNO2/c1-7-4-9(2-3-10(7)14)15-11(16)5-8(6-13)12(15)17/h2-5,16-17H,6H2,1H3. The van der Waals surface area contributed by atoms with Crippen LogP contribution in [0.4, 0.5) is 4.39 Å². The molecule has 1 heterocycles. The number of aromatic nitrogens is 1. The molecule has 0 saturated heterocycles. The number of hydrogen-bond acceptors (Lipinski definition) is 2. The molecule has 5 heteroatoms. The smallest absolute Gasteiger partial charge is 0.203 e. The highest BCUT2D eigenvalue weighted by atomic mass is 35.5. The van der Waals surface area contributed by atoms with E-state index in [0.29, 0.717) is 16.8 Å². The number of nitrogens with zero attached hydrogens (tertiary/aromatic N) is 1. The minimum absolute atomic E-state index is 0.0899. The average Bonchev–Trinajstić information content (AvgIpc) is 2.58. The van der Waals surface area contributed by atoms with Gasteiger partial charge in [0.25, 0.3) is 0 Å². The van der Waals surface area contributed by atoms with Gasteiger partial charge in [-0.2, -0.15) is 0 Å². The fraction of sp³-hybridized carbons (Fsp3) is 0.167. The molecule has 0 fully saturated rings. The second-order valence-corrected chi connectivity index (χ2v) is 4.02. The summed E-state index contributed by atoms with van der Waals surface area (Å²) in [6.07, 6.45) is 0. The summed E-state index contributed by atoms with van der Waals surface area (Å²) in [6, 6.07) is 5.66. The zero-order chi connectivity index (χ0) is 12.6. The summed E-state index contributed by atoms with van der Waals surface area (Å²) < 4.78 is 14.3. The summed E-state index contributed by atoms with van der Waals surface area (Å²) in [5, 5.41) is 19.6. The van der Waals surface area contributed by atoms with Crippen molar-refractivity contribution >= 4 is 11.6 Å². The fourth-order valence-corrected chi connectivity index (χ4v) is 1.85. The van der Waals surface area contributed by atoms with Crippen LogP contribution in [-0.4, -0.2) is 14.8 Å². The van der Waals surface area contributed by atoms with Crippen LogP contribution in [0.5, 0.6) is 11.8 Å². The number of hydrogen-bond donors (Lipinski definition) is 2. The Morgan fingerprint density at radius 1 is 1.29 bits per heavy atom. The molecule has 0 amide bonds. The Labute approximate surface area is 103 Å². The molecule has 0 aliphatic rings. The quantitative estimate of drug-likeness (QED) is 0.810. The van der Waals surface area contributed by atoms with Gasteiger partial charge in [-0.05, 0) is 30.7 Å². The first kappa shape index (κ1) is 11.8. The van der Waals surface area contributed by atoms with Gasteiger partial charge in [0.2, 0.25) is 5.88 Å². The number of aryl methyl sites for hydroxylation is 1. The lowest BCUT2D eigenvalue weighted by Gasteiger charge is -2.08. The van der Waals surface area contributed by atoms with Crippen LogP contribution in [0, 0.1) is 12.7 Å². The second-order valence-electron chi connectivity index (χ2n) is 3.75. The molecule has 0 unspecified atom stereocenters. The monoisotopic (exact) mass is 255 g/mol. The minimum atomic E-state index is -0.336. The predicted octanol–water partition coefficient (Wildman–Crippen LogP) is 3.07. The molecule has 0 aliphatic carbocycles. The van der Waals surface area contributed by atoms with Gasteiger partial charge in [-0.15, -0.1) is 11.6 Å². The summed E-state index contributed by atoms with van der Waals surface area (Å²) in [7, 11) is 0. The Kier molecular flexibility index (Phi) is 2.98. The molecule has 0 spiro atoms. The Balaban J connectivity index is 2.60.